The Kier molecular flexibility index (Phi) is 5.09. The summed E-state index contributed by atoms with van der Waals surface area (Å²) in [6.07, 6.45) is 3.55. The van der Waals surface area contributed by atoms with Crippen LogP contribution in [0.3, 0.4) is 0 Å². The fraction of sp³-hybridized carbons (Fsp3) is 0.0385. The number of carbonyl (C=O) groups excluding carboxylic acids is 1. The summed E-state index contributed by atoms with van der Waals surface area (Å²) in [5, 5.41) is 14.4. The van der Waals surface area contributed by atoms with Crippen LogP contribution in [-0.2, 0) is 0 Å². The van der Waals surface area contributed by atoms with E-state index >= 15 is 0 Å². The lowest BCUT2D eigenvalue weighted by molar-refractivity contribution is 0.262. The average Bonchev–Trinajstić information content (AvgIpc) is 3.23. The maximum absolute atomic E-state index is 12.4. The van der Waals surface area contributed by atoms with Crippen LogP contribution >= 0.6 is 0 Å². The number of aromatic amines is 1. The van der Waals surface area contributed by atoms with Gasteiger partial charge in [0, 0.05) is 34.7 Å². The van der Waals surface area contributed by atoms with Gasteiger partial charge in [-0.25, -0.2) is 4.79 Å². The minimum Gasteiger partial charge on any atom is -0.308 e. The summed E-state index contributed by atoms with van der Waals surface area (Å²) in [6.45, 7) is 1.99. The lowest BCUT2D eigenvalue weighted by Gasteiger charge is -2.10. The van der Waals surface area contributed by atoms with Crippen molar-refractivity contribution >= 4 is 28.3 Å². The second-order valence-corrected chi connectivity index (χ2v) is 7.60. The number of anilines is 2. The average molecular weight is 419 g/mol. The molecule has 0 bridgehead atoms. The normalized spacial score (nSPS) is 10.8. The second-order valence-electron chi connectivity index (χ2n) is 7.60. The third-order valence-electron chi connectivity index (χ3n) is 5.23. The number of benzene rings is 3. The molecule has 32 heavy (non-hydrogen) atoms. The van der Waals surface area contributed by atoms with Gasteiger partial charge in [-0.1, -0.05) is 30.3 Å². The van der Waals surface area contributed by atoms with Gasteiger partial charge >= 0.3 is 6.03 Å². The van der Waals surface area contributed by atoms with Crippen LogP contribution < -0.4 is 10.6 Å². The number of nitrogens with zero attached hydrogens (tertiary/aromatic N) is 2. The molecule has 0 saturated heterocycles. The van der Waals surface area contributed by atoms with Gasteiger partial charge in [0.15, 0.2) is 0 Å². The Bertz CT molecular complexity index is 1410. The molecule has 6 heteroatoms. The minimum atomic E-state index is -0.280. The highest BCUT2D eigenvalue weighted by Crippen LogP contribution is 2.30. The Morgan fingerprint density at radius 3 is 2.34 bits per heavy atom. The number of aryl methyl sites for hydroxylation is 1. The number of hydrogen-bond acceptors (Lipinski definition) is 3. The Morgan fingerprint density at radius 2 is 1.56 bits per heavy atom. The van der Waals surface area contributed by atoms with Crippen LogP contribution in [0.1, 0.15) is 5.56 Å². The Balaban J connectivity index is 1.37. The lowest BCUT2D eigenvalue weighted by atomic mass is 10.0. The number of amides is 2. The molecule has 3 N–H and O–H groups in total. The van der Waals surface area contributed by atoms with E-state index in [1.165, 1.54) is 0 Å². The smallest absolute Gasteiger partial charge is 0.308 e. The first-order valence-electron chi connectivity index (χ1n) is 10.3. The van der Waals surface area contributed by atoms with Gasteiger partial charge in [0.1, 0.15) is 5.69 Å². The fourth-order valence-corrected chi connectivity index (χ4v) is 3.71. The number of carbonyl (C=O) groups is 1. The van der Waals surface area contributed by atoms with Crippen molar-refractivity contribution in [2.45, 2.75) is 6.92 Å². The predicted octanol–water partition coefficient (Wildman–Crippen LogP) is 6.24. The molecule has 3 aromatic carbocycles. The van der Waals surface area contributed by atoms with E-state index < -0.39 is 0 Å². The number of aromatic nitrogens is 3. The molecule has 0 aliphatic heterocycles. The number of pyridine rings is 1. The third kappa shape index (κ3) is 4.06. The zero-order valence-electron chi connectivity index (χ0n) is 17.5. The highest BCUT2D eigenvalue weighted by atomic mass is 16.2. The highest BCUT2D eigenvalue weighted by molar-refractivity contribution is 6.00. The summed E-state index contributed by atoms with van der Waals surface area (Å²) in [4.78, 5) is 16.6. The predicted molar refractivity (Wildman–Crippen MR) is 129 cm³/mol. The number of hydrogen-bond donors (Lipinski definition) is 3. The monoisotopic (exact) mass is 419 g/mol. The van der Waals surface area contributed by atoms with Gasteiger partial charge in [0.2, 0.25) is 0 Å². The highest BCUT2D eigenvalue weighted by Gasteiger charge is 2.10. The van der Waals surface area contributed by atoms with E-state index in [4.69, 9.17) is 0 Å². The second kappa shape index (κ2) is 8.35. The van der Waals surface area contributed by atoms with Gasteiger partial charge in [-0.2, -0.15) is 5.10 Å². The Morgan fingerprint density at radius 1 is 0.812 bits per heavy atom. The Hall–Kier alpha value is -4.45. The topological polar surface area (TPSA) is 82.7 Å². The molecule has 0 atom stereocenters. The summed E-state index contributed by atoms with van der Waals surface area (Å²) < 4.78 is 0. The van der Waals surface area contributed by atoms with E-state index in [2.05, 4.69) is 44.0 Å². The Labute approximate surface area is 185 Å². The van der Waals surface area contributed by atoms with Crippen molar-refractivity contribution in [3.05, 3.63) is 96.8 Å². The number of H-pyrrole nitrogens is 1. The lowest BCUT2D eigenvalue weighted by Crippen LogP contribution is -2.19. The minimum absolute atomic E-state index is 0.280. The summed E-state index contributed by atoms with van der Waals surface area (Å²) in [6, 6.07) is 25.3. The van der Waals surface area contributed by atoms with Crippen LogP contribution in [-0.4, -0.2) is 21.2 Å². The molecule has 2 heterocycles. The van der Waals surface area contributed by atoms with Crippen molar-refractivity contribution in [3.63, 3.8) is 0 Å². The van der Waals surface area contributed by atoms with E-state index in [9.17, 15) is 4.79 Å². The molecule has 156 valence electrons. The molecule has 2 aromatic heterocycles. The molecule has 0 aliphatic rings. The zero-order valence-corrected chi connectivity index (χ0v) is 17.5. The van der Waals surface area contributed by atoms with Gasteiger partial charge in [-0.05, 0) is 72.1 Å². The van der Waals surface area contributed by atoms with Crippen LogP contribution in [0.4, 0.5) is 16.2 Å². The van der Waals surface area contributed by atoms with Crippen LogP contribution in [0.15, 0.2) is 91.3 Å². The van der Waals surface area contributed by atoms with Crippen molar-refractivity contribution in [2.24, 2.45) is 0 Å². The SMILES string of the molecule is Cc1cccc(NC(=O)Nc2cccc(-c3ccc4c(-c5cccnc5)n[nH]c4c3)c2)c1. The third-order valence-corrected chi connectivity index (χ3v) is 5.23. The summed E-state index contributed by atoms with van der Waals surface area (Å²) >= 11 is 0. The first kappa shape index (κ1) is 19.5. The first-order chi connectivity index (χ1) is 15.7. The maximum atomic E-state index is 12.4. The van der Waals surface area contributed by atoms with Gasteiger partial charge in [-0.15, -0.1) is 0 Å². The molecule has 0 saturated carbocycles. The van der Waals surface area contributed by atoms with Crippen molar-refractivity contribution in [3.8, 4) is 22.4 Å². The quantitative estimate of drug-likeness (QED) is 0.322. The van der Waals surface area contributed by atoms with Crippen LogP contribution in [0.2, 0.25) is 0 Å². The van der Waals surface area contributed by atoms with E-state index in [0.29, 0.717) is 5.69 Å². The van der Waals surface area contributed by atoms with E-state index in [1.807, 2.05) is 67.6 Å². The molecule has 0 unspecified atom stereocenters. The van der Waals surface area contributed by atoms with Crippen molar-refractivity contribution in [1.82, 2.24) is 15.2 Å². The molecule has 5 aromatic rings. The van der Waals surface area contributed by atoms with Gasteiger partial charge in [0.25, 0.3) is 0 Å². The molecule has 0 fully saturated rings. The van der Waals surface area contributed by atoms with E-state index in [0.717, 1.165) is 44.5 Å². The van der Waals surface area contributed by atoms with Gasteiger partial charge in [-0.3, -0.25) is 10.1 Å². The summed E-state index contributed by atoms with van der Waals surface area (Å²) in [5.74, 6) is 0. The standard InChI is InChI=1S/C26H21N5O/c1-17-5-2-8-21(13-17)28-26(32)29-22-9-3-6-18(14-22)19-10-11-23-24(15-19)30-31-25(23)20-7-4-12-27-16-20/h2-16H,1H3,(H,30,31)(H2,28,29,32). The number of rotatable bonds is 4. The van der Waals surface area contributed by atoms with Crippen molar-refractivity contribution in [2.75, 3.05) is 10.6 Å². The molecular weight excluding hydrogens is 398 g/mol. The molecule has 2 amide bonds. The maximum Gasteiger partial charge on any atom is 0.323 e. The van der Waals surface area contributed by atoms with Gasteiger partial charge in [0.05, 0.1) is 5.52 Å². The molecular formula is C26H21N5O. The van der Waals surface area contributed by atoms with E-state index in [-0.39, 0.29) is 6.03 Å². The molecule has 0 spiro atoms. The van der Waals surface area contributed by atoms with Crippen LogP contribution in [0, 0.1) is 6.92 Å². The van der Waals surface area contributed by atoms with Crippen molar-refractivity contribution < 1.29 is 4.79 Å². The van der Waals surface area contributed by atoms with Crippen LogP contribution in [0.25, 0.3) is 33.3 Å². The largest absolute Gasteiger partial charge is 0.323 e. The van der Waals surface area contributed by atoms with E-state index in [1.54, 1.807) is 12.4 Å². The molecule has 6 nitrogen and oxygen atoms in total. The first-order valence-corrected chi connectivity index (χ1v) is 10.3. The fourth-order valence-electron chi connectivity index (χ4n) is 3.71. The van der Waals surface area contributed by atoms with Gasteiger partial charge < -0.3 is 10.6 Å². The summed E-state index contributed by atoms with van der Waals surface area (Å²) in [7, 11) is 0. The van der Waals surface area contributed by atoms with Crippen molar-refractivity contribution in [1.29, 1.82) is 0 Å². The molecule has 0 radical (unpaired) electrons. The molecule has 5 rings (SSSR count). The number of nitrogens with one attached hydrogen (secondary N) is 3. The van der Waals surface area contributed by atoms with Crippen LogP contribution in [0.5, 0.6) is 0 Å². The zero-order chi connectivity index (χ0) is 21.9. The number of fused-ring (bicyclic) bond motifs is 1. The summed E-state index contributed by atoms with van der Waals surface area (Å²) in [5.41, 5.74) is 7.38. The number of urea groups is 1. The molecule has 0 aliphatic carbocycles.